The number of amides is 2. The summed E-state index contributed by atoms with van der Waals surface area (Å²) in [6.45, 7) is 9.58. The largest absolute Gasteiger partial charge is 0.463 e. The number of carbonyl (C=O) groups excluding carboxylic acids is 5. The molecule has 0 aromatic heterocycles. The SMILES string of the molecule is CCCCCCCCCC[C@@H](CO[C@@H]1O[C@H](COC(C)=O)[C@@H](OC(C)=O)[C@H](OC(C)=O)[C@H]1NC(=O)OCC(Cl)(Cl)Cl)NC(=O)OC(C)(C)C. The van der Waals surface area contributed by atoms with Gasteiger partial charge in [0.15, 0.2) is 18.5 Å². The molecule has 1 fully saturated rings. The highest BCUT2D eigenvalue weighted by Gasteiger charge is 2.52. The molecule has 2 amide bonds. The zero-order chi connectivity index (χ0) is 37.2. The number of ether oxygens (including phenoxy) is 7. The summed E-state index contributed by atoms with van der Waals surface area (Å²) in [5, 5.41) is 5.32. The Kier molecular flexibility index (Phi) is 20.6. The third kappa shape index (κ3) is 20.9. The number of unbranched alkanes of at least 4 members (excludes halogenated alkanes) is 7. The molecule has 0 radical (unpaired) electrons. The second-order valence-corrected chi connectivity index (χ2v) is 15.3. The lowest BCUT2D eigenvalue weighted by atomic mass is 9.96. The van der Waals surface area contributed by atoms with Crippen molar-refractivity contribution in [3.63, 3.8) is 0 Å². The van der Waals surface area contributed by atoms with E-state index in [9.17, 15) is 24.0 Å². The van der Waals surface area contributed by atoms with Crippen LogP contribution in [0.2, 0.25) is 0 Å². The fourth-order valence-corrected chi connectivity index (χ4v) is 5.09. The molecule has 49 heavy (non-hydrogen) atoms. The van der Waals surface area contributed by atoms with Gasteiger partial charge in [-0.3, -0.25) is 14.4 Å². The summed E-state index contributed by atoms with van der Waals surface area (Å²) in [4.78, 5) is 61.7. The van der Waals surface area contributed by atoms with Crippen LogP contribution in [0, 0.1) is 0 Å². The van der Waals surface area contributed by atoms with E-state index in [0.717, 1.165) is 39.5 Å². The fraction of sp³-hybridized carbons (Fsp3) is 0.844. The molecule has 0 bridgehead atoms. The molecular weight excluding hydrogens is 711 g/mol. The van der Waals surface area contributed by atoms with E-state index in [4.69, 9.17) is 68.0 Å². The van der Waals surface area contributed by atoms with Crippen molar-refractivity contribution in [3.05, 3.63) is 0 Å². The average Bonchev–Trinajstić information content (AvgIpc) is 2.95. The van der Waals surface area contributed by atoms with Gasteiger partial charge in [0.1, 0.15) is 31.0 Å². The van der Waals surface area contributed by atoms with E-state index in [1.54, 1.807) is 20.8 Å². The van der Waals surface area contributed by atoms with Crippen molar-refractivity contribution >= 4 is 64.9 Å². The first-order chi connectivity index (χ1) is 22.8. The van der Waals surface area contributed by atoms with Crippen LogP contribution in [0.3, 0.4) is 0 Å². The number of esters is 3. The van der Waals surface area contributed by atoms with Crippen molar-refractivity contribution in [2.45, 2.75) is 152 Å². The number of alkyl halides is 3. The Morgan fingerprint density at radius 2 is 1.35 bits per heavy atom. The van der Waals surface area contributed by atoms with Crippen LogP contribution in [0.5, 0.6) is 0 Å². The molecule has 0 aliphatic carbocycles. The van der Waals surface area contributed by atoms with Crippen LogP contribution in [-0.2, 0) is 47.5 Å². The third-order valence-corrected chi connectivity index (χ3v) is 7.27. The van der Waals surface area contributed by atoms with E-state index in [2.05, 4.69) is 17.6 Å². The van der Waals surface area contributed by atoms with Crippen molar-refractivity contribution in [2.24, 2.45) is 0 Å². The maximum Gasteiger partial charge on any atom is 0.407 e. The zero-order valence-corrected chi connectivity index (χ0v) is 31.8. The van der Waals surface area contributed by atoms with Crippen molar-refractivity contribution in [2.75, 3.05) is 19.8 Å². The number of halogens is 3. The van der Waals surface area contributed by atoms with Gasteiger partial charge in [0.05, 0.1) is 12.6 Å². The minimum atomic E-state index is -1.93. The summed E-state index contributed by atoms with van der Waals surface area (Å²) in [6.07, 6.45) is 1.95. The predicted molar refractivity (Wildman–Crippen MR) is 181 cm³/mol. The number of rotatable bonds is 19. The molecule has 2 N–H and O–H groups in total. The Bertz CT molecular complexity index is 1050. The number of alkyl carbamates (subject to hydrolysis) is 2. The van der Waals surface area contributed by atoms with E-state index in [0.29, 0.717) is 6.42 Å². The quantitative estimate of drug-likeness (QED) is 0.0677. The van der Waals surface area contributed by atoms with Crippen LogP contribution in [0.15, 0.2) is 0 Å². The van der Waals surface area contributed by atoms with Crippen LogP contribution in [0.25, 0.3) is 0 Å². The second-order valence-electron chi connectivity index (χ2n) is 12.8. The van der Waals surface area contributed by atoms with Gasteiger partial charge < -0.3 is 43.8 Å². The molecule has 0 spiro atoms. The van der Waals surface area contributed by atoms with Gasteiger partial charge in [-0.15, -0.1) is 0 Å². The molecule has 1 rings (SSSR count). The molecule has 1 heterocycles. The molecule has 14 nitrogen and oxygen atoms in total. The molecule has 0 saturated carbocycles. The molecule has 1 aliphatic rings. The van der Waals surface area contributed by atoms with Gasteiger partial charge in [-0.05, 0) is 27.2 Å². The second kappa shape index (κ2) is 22.5. The van der Waals surface area contributed by atoms with E-state index in [1.165, 1.54) is 32.6 Å². The van der Waals surface area contributed by atoms with E-state index >= 15 is 0 Å². The zero-order valence-electron chi connectivity index (χ0n) is 29.5. The number of nitrogens with one attached hydrogen (secondary N) is 2. The van der Waals surface area contributed by atoms with Gasteiger partial charge in [-0.2, -0.15) is 0 Å². The monoisotopic (exact) mass is 762 g/mol. The lowest BCUT2D eigenvalue weighted by Gasteiger charge is -2.45. The number of carbonyl (C=O) groups is 5. The molecule has 0 unspecified atom stereocenters. The molecular formula is C32H53Cl3N2O12. The Labute approximate surface area is 304 Å². The lowest BCUT2D eigenvalue weighted by molar-refractivity contribution is -0.278. The summed E-state index contributed by atoms with van der Waals surface area (Å²) in [6, 6.07) is -1.93. The summed E-state index contributed by atoms with van der Waals surface area (Å²) in [5.41, 5.74) is -0.755. The molecule has 1 saturated heterocycles. The van der Waals surface area contributed by atoms with E-state index in [-0.39, 0.29) is 6.61 Å². The first kappa shape index (κ1) is 44.8. The van der Waals surface area contributed by atoms with Crippen LogP contribution >= 0.6 is 34.8 Å². The first-order valence-corrected chi connectivity index (χ1v) is 17.7. The summed E-state index contributed by atoms with van der Waals surface area (Å²) in [7, 11) is 0. The van der Waals surface area contributed by atoms with Gasteiger partial charge in [0.25, 0.3) is 0 Å². The highest BCUT2D eigenvalue weighted by Crippen LogP contribution is 2.29. The van der Waals surface area contributed by atoms with Crippen LogP contribution in [-0.4, -0.2) is 96.0 Å². The maximum absolute atomic E-state index is 12.9. The van der Waals surface area contributed by atoms with Crippen molar-refractivity contribution in [3.8, 4) is 0 Å². The fourth-order valence-electron chi connectivity index (χ4n) is 4.93. The molecule has 0 aromatic carbocycles. The normalized spacial score (nSPS) is 21.6. The minimum absolute atomic E-state index is 0.146. The molecule has 1 aliphatic heterocycles. The summed E-state index contributed by atoms with van der Waals surface area (Å²) < 4.78 is 36.9. The minimum Gasteiger partial charge on any atom is -0.463 e. The molecule has 284 valence electrons. The lowest BCUT2D eigenvalue weighted by Crippen LogP contribution is -2.67. The van der Waals surface area contributed by atoms with Crippen molar-refractivity contribution < 1.29 is 57.1 Å². The predicted octanol–water partition coefficient (Wildman–Crippen LogP) is 6.04. The molecule has 6 atom stereocenters. The van der Waals surface area contributed by atoms with Gasteiger partial charge in [-0.1, -0.05) is 93.1 Å². The van der Waals surface area contributed by atoms with Crippen molar-refractivity contribution in [1.29, 1.82) is 0 Å². The standard InChI is InChI=1S/C32H53Cl3N2O12/c1-8-9-10-11-12-13-14-15-16-23(36-30(42)49-31(5,6)7)17-44-28-25(37-29(41)45-19-32(33,34)35)27(47-22(4)40)26(46-21(3)39)24(48-28)18-43-20(2)38/h23-28H,8-19H2,1-7H3,(H,36,42)(H,37,41)/t23-,24+,25+,26+,27+,28+/m0/s1. The van der Waals surface area contributed by atoms with Crippen LogP contribution in [0.4, 0.5) is 9.59 Å². The van der Waals surface area contributed by atoms with Crippen molar-refractivity contribution in [1.82, 2.24) is 10.6 Å². The Balaban J connectivity index is 3.32. The van der Waals surface area contributed by atoms with Gasteiger partial charge >= 0.3 is 30.1 Å². The Morgan fingerprint density at radius 3 is 1.88 bits per heavy atom. The van der Waals surface area contributed by atoms with E-state index < -0.39 is 89.4 Å². The Morgan fingerprint density at radius 1 is 0.776 bits per heavy atom. The molecule has 0 aromatic rings. The highest BCUT2D eigenvalue weighted by molar-refractivity contribution is 6.67. The first-order valence-electron chi connectivity index (χ1n) is 16.6. The third-order valence-electron chi connectivity index (χ3n) is 6.94. The summed E-state index contributed by atoms with van der Waals surface area (Å²) >= 11 is 17.2. The van der Waals surface area contributed by atoms with E-state index in [1.807, 2.05) is 0 Å². The van der Waals surface area contributed by atoms with Crippen LogP contribution < -0.4 is 10.6 Å². The van der Waals surface area contributed by atoms with Crippen LogP contribution in [0.1, 0.15) is 106 Å². The molecule has 17 heteroatoms. The topological polar surface area (TPSA) is 174 Å². The average molecular weight is 764 g/mol. The van der Waals surface area contributed by atoms with Gasteiger partial charge in [0, 0.05) is 20.8 Å². The smallest absolute Gasteiger partial charge is 0.407 e. The van der Waals surface area contributed by atoms with Gasteiger partial charge in [0.2, 0.25) is 3.79 Å². The highest BCUT2D eigenvalue weighted by atomic mass is 35.6. The maximum atomic E-state index is 12.9. The number of hydrogen-bond acceptors (Lipinski definition) is 12. The summed E-state index contributed by atoms with van der Waals surface area (Å²) in [5.74, 6) is -2.23. The number of hydrogen-bond donors (Lipinski definition) is 2. The van der Waals surface area contributed by atoms with Gasteiger partial charge in [-0.25, -0.2) is 9.59 Å². The Hall–Kier alpha value is -2.26.